The number of nitrogens with zero attached hydrogens (tertiary/aromatic N) is 3. The SMILES string of the molecule is CCOc1ccccc1NC(=O)c1nnn(-c2ccccc2OC)c1C. The van der Waals surface area contributed by atoms with Gasteiger partial charge in [-0.3, -0.25) is 4.79 Å². The van der Waals surface area contributed by atoms with Crippen LogP contribution in [-0.4, -0.2) is 34.6 Å². The van der Waals surface area contributed by atoms with Gasteiger partial charge in [0.15, 0.2) is 5.69 Å². The first-order chi connectivity index (χ1) is 12.7. The lowest BCUT2D eigenvalue weighted by Gasteiger charge is -2.11. The van der Waals surface area contributed by atoms with E-state index in [0.29, 0.717) is 35.2 Å². The van der Waals surface area contributed by atoms with Crippen molar-refractivity contribution in [1.29, 1.82) is 0 Å². The van der Waals surface area contributed by atoms with E-state index in [4.69, 9.17) is 9.47 Å². The number of rotatable bonds is 6. The first-order valence-corrected chi connectivity index (χ1v) is 8.24. The van der Waals surface area contributed by atoms with Crippen LogP contribution in [0.5, 0.6) is 11.5 Å². The van der Waals surface area contributed by atoms with Gasteiger partial charge in [0.2, 0.25) is 0 Å². The summed E-state index contributed by atoms with van der Waals surface area (Å²) in [4.78, 5) is 12.7. The van der Waals surface area contributed by atoms with E-state index in [1.54, 1.807) is 30.8 Å². The summed E-state index contributed by atoms with van der Waals surface area (Å²) < 4.78 is 12.5. The highest BCUT2D eigenvalue weighted by molar-refractivity contribution is 6.04. The van der Waals surface area contributed by atoms with Gasteiger partial charge in [-0.2, -0.15) is 0 Å². The van der Waals surface area contributed by atoms with Crippen LogP contribution in [-0.2, 0) is 0 Å². The molecule has 1 heterocycles. The highest BCUT2D eigenvalue weighted by Gasteiger charge is 2.20. The molecule has 7 heteroatoms. The molecular formula is C19H20N4O3. The van der Waals surface area contributed by atoms with Crippen LogP contribution in [0.1, 0.15) is 23.1 Å². The van der Waals surface area contributed by atoms with Crippen LogP contribution in [0.15, 0.2) is 48.5 Å². The molecule has 0 spiro atoms. The van der Waals surface area contributed by atoms with E-state index in [9.17, 15) is 4.79 Å². The van der Waals surface area contributed by atoms with Crippen molar-refractivity contribution in [3.63, 3.8) is 0 Å². The summed E-state index contributed by atoms with van der Waals surface area (Å²) >= 11 is 0. The van der Waals surface area contributed by atoms with Gasteiger partial charge < -0.3 is 14.8 Å². The van der Waals surface area contributed by atoms with E-state index >= 15 is 0 Å². The Morgan fingerprint density at radius 2 is 1.81 bits per heavy atom. The number of anilines is 1. The number of nitrogens with one attached hydrogen (secondary N) is 1. The van der Waals surface area contributed by atoms with Crippen molar-refractivity contribution in [3.8, 4) is 17.2 Å². The lowest BCUT2D eigenvalue weighted by molar-refractivity contribution is 0.102. The average Bonchev–Trinajstić information content (AvgIpc) is 3.05. The van der Waals surface area contributed by atoms with Crippen molar-refractivity contribution < 1.29 is 14.3 Å². The minimum absolute atomic E-state index is 0.238. The molecule has 0 aliphatic heterocycles. The van der Waals surface area contributed by atoms with Crippen molar-refractivity contribution in [3.05, 3.63) is 59.9 Å². The second kappa shape index (κ2) is 7.69. The quantitative estimate of drug-likeness (QED) is 0.737. The van der Waals surface area contributed by atoms with E-state index in [2.05, 4.69) is 15.6 Å². The summed E-state index contributed by atoms with van der Waals surface area (Å²) in [6.07, 6.45) is 0. The van der Waals surface area contributed by atoms with Gasteiger partial charge >= 0.3 is 0 Å². The molecule has 2 aromatic carbocycles. The predicted octanol–water partition coefficient (Wildman–Crippen LogP) is 3.24. The van der Waals surface area contributed by atoms with Gasteiger partial charge in [0.25, 0.3) is 5.91 Å². The normalized spacial score (nSPS) is 10.4. The smallest absolute Gasteiger partial charge is 0.278 e. The molecule has 0 aliphatic carbocycles. The molecule has 3 rings (SSSR count). The maximum Gasteiger partial charge on any atom is 0.278 e. The van der Waals surface area contributed by atoms with Gasteiger partial charge in [0.05, 0.1) is 25.1 Å². The summed E-state index contributed by atoms with van der Waals surface area (Å²) in [5, 5.41) is 11.0. The monoisotopic (exact) mass is 352 g/mol. The molecule has 1 aromatic heterocycles. The van der Waals surface area contributed by atoms with E-state index in [1.165, 1.54) is 0 Å². The third-order valence-electron chi connectivity index (χ3n) is 3.86. The van der Waals surface area contributed by atoms with Crippen LogP contribution >= 0.6 is 0 Å². The van der Waals surface area contributed by atoms with Gasteiger partial charge in [-0.25, -0.2) is 4.68 Å². The molecule has 0 fully saturated rings. The number of amides is 1. The van der Waals surface area contributed by atoms with Crippen molar-refractivity contribution in [2.45, 2.75) is 13.8 Å². The number of hydrogen-bond donors (Lipinski definition) is 1. The minimum atomic E-state index is -0.351. The number of ether oxygens (including phenoxy) is 2. The molecule has 0 bridgehead atoms. The maximum absolute atomic E-state index is 12.7. The maximum atomic E-state index is 12.7. The first kappa shape index (κ1) is 17.5. The lowest BCUT2D eigenvalue weighted by Crippen LogP contribution is -2.15. The van der Waals surface area contributed by atoms with Crippen LogP contribution in [0, 0.1) is 6.92 Å². The molecule has 134 valence electrons. The Morgan fingerprint density at radius 1 is 1.12 bits per heavy atom. The van der Waals surface area contributed by atoms with Gasteiger partial charge in [-0.05, 0) is 38.1 Å². The number of benzene rings is 2. The van der Waals surface area contributed by atoms with E-state index in [1.807, 2.05) is 43.3 Å². The summed E-state index contributed by atoms with van der Waals surface area (Å²) in [6.45, 7) is 4.19. The number of aromatic nitrogens is 3. The number of para-hydroxylation sites is 4. The van der Waals surface area contributed by atoms with Crippen LogP contribution in [0.2, 0.25) is 0 Å². The van der Waals surface area contributed by atoms with Crippen LogP contribution in [0.25, 0.3) is 5.69 Å². The number of carbonyl (C=O) groups is 1. The Hall–Kier alpha value is -3.35. The summed E-state index contributed by atoms with van der Waals surface area (Å²) in [6, 6.07) is 14.7. The second-order valence-corrected chi connectivity index (χ2v) is 5.49. The number of carbonyl (C=O) groups excluding carboxylic acids is 1. The molecule has 0 saturated carbocycles. The topological polar surface area (TPSA) is 78.3 Å². The van der Waals surface area contributed by atoms with Crippen LogP contribution in [0.4, 0.5) is 5.69 Å². The molecule has 0 aliphatic rings. The van der Waals surface area contributed by atoms with Crippen LogP contribution in [0.3, 0.4) is 0 Å². The fraction of sp³-hybridized carbons (Fsp3) is 0.211. The van der Waals surface area contributed by atoms with Crippen molar-refractivity contribution in [2.75, 3.05) is 19.0 Å². The predicted molar refractivity (Wildman–Crippen MR) is 98.2 cm³/mol. The molecule has 0 unspecified atom stereocenters. The Balaban J connectivity index is 1.90. The Kier molecular flexibility index (Phi) is 5.17. The highest BCUT2D eigenvalue weighted by Crippen LogP contribution is 2.26. The van der Waals surface area contributed by atoms with Crippen LogP contribution < -0.4 is 14.8 Å². The Morgan fingerprint density at radius 3 is 2.54 bits per heavy atom. The van der Waals surface area contributed by atoms with E-state index in [0.717, 1.165) is 0 Å². The molecule has 3 aromatic rings. The van der Waals surface area contributed by atoms with Crippen molar-refractivity contribution >= 4 is 11.6 Å². The second-order valence-electron chi connectivity index (χ2n) is 5.49. The van der Waals surface area contributed by atoms with E-state index < -0.39 is 0 Å². The Bertz CT molecular complexity index is 921. The first-order valence-electron chi connectivity index (χ1n) is 8.24. The third kappa shape index (κ3) is 3.37. The number of hydrogen-bond acceptors (Lipinski definition) is 5. The molecule has 7 nitrogen and oxygen atoms in total. The molecular weight excluding hydrogens is 332 g/mol. The molecule has 0 atom stereocenters. The molecule has 0 saturated heterocycles. The lowest BCUT2D eigenvalue weighted by atomic mass is 10.2. The van der Waals surface area contributed by atoms with Gasteiger partial charge in [-0.1, -0.05) is 29.5 Å². The fourth-order valence-corrected chi connectivity index (χ4v) is 2.61. The summed E-state index contributed by atoms with van der Waals surface area (Å²) in [7, 11) is 1.59. The fourth-order valence-electron chi connectivity index (χ4n) is 2.61. The summed E-state index contributed by atoms with van der Waals surface area (Å²) in [5.74, 6) is 0.906. The largest absolute Gasteiger partial charge is 0.494 e. The summed E-state index contributed by atoms with van der Waals surface area (Å²) in [5.41, 5.74) is 2.16. The third-order valence-corrected chi connectivity index (χ3v) is 3.86. The molecule has 26 heavy (non-hydrogen) atoms. The minimum Gasteiger partial charge on any atom is -0.494 e. The molecule has 1 N–H and O–H groups in total. The Labute approximate surface area is 151 Å². The zero-order chi connectivity index (χ0) is 18.5. The standard InChI is InChI=1S/C19H20N4O3/c1-4-26-16-11-7-5-9-14(16)20-19(24)18-13(2)23(22-21-18)15-10-6-8-12-17(15)25-3/h5-12H,4H2,1-3H3,(H,20,24). The van der Waals surface area contributed by atoms with Crippen molar-refractivity contribution in [1.82, 2.24) is 15.0 Å². The average molecular weight is 352 g/mol. The highest BCUT2D eigenvalue weighted by atomic mass is 16.5. The van der Waals surface area contributed by atoms with Crippen molar-refractivity contribution in [2.24, 2.45) is 0 Å². The zero-order valence-corrected chi connectivity index (χ0v) is 14.9. The molecule has 1 amide bonds. The van der Waals surface area contributed by atoms with Gasteiger partial charge in [-0.15, -0.1) is 5.10 Å². The molecule has 0 radical (unpaired) electrons. The number of methoxy groups -OCH3 is 1. The van der Waals surface area contributed by atoms with Gasteiger partial charge in [0, 0.05) is 0 Å². The zero-order valence-electron chi connectivity index (χ0n) is 14.9. The van der Waals surface area contributed by atoms with E-state index in [-0.39, 0.29) is 11.6 Å². The van der Waals surface area contributed by atoms with Gasteiger partial charge in [0.1, 0.15) is 17.2 Å².